The summed E-state index contributed by atoms with van der Waals surface area (Å²) in [7, 11) is 1.47. The van der Waals surface area contributed by atoms with Gasteiger partial charge < -0.3 is 20.5 Å². The van der Waals surface area contributed by atoms with Crippen molar-refractivity contribution < 1.29 is 23.5 Å². The molecule has 2 unspecified atom stereocenters. The number of halogens is 1. The van der Waals surface area contributed by atoms with Crippen molar-refractivity contribution in [3.8, 4) is 11.5 Å². The SMILES string of the molecule is COc1ccc(NC(=O)C2CC2c2ccc(F)cc2)cc1OCC(N)=O. The van der Waals surface area contributed by atoms with Crippen molar-refractivity contribution in [1.29, 1.82) is 0 Å². The highest BCUT2D eigenvalue weighted by atomic mass is 19.1. The van der Waals surface area contributed by atoms with Gasteiger partial charge in [-0.15, -0.1) is 0 Å². The van der Waals surface area contributed by atoms with Gasteiger partial charge in [-0.05, 0) is 42.2 Å². The maximum absolute atomic E-state index is 13.0. The Kier molecular flexibility index (Phi) is 5.06. The zero-order valence-corrected chi connectivity index (χ0v) is 14.2. The molecule has 3 rings (SSSR count). The summed E-state index contributed by atoms with van der Waals surface area (Å²) in [5.41, 5.74) is 6.56. The summed E-state index contributed by atoms with van der Waals surface area (Å²) in [6.07, 6.45) is 0.721. The van der Waals surface area contributed by atoms with Crippen LogP contribution in [0.1, 0.15) is 17.9 Å². The van der Waals surface area contributed by atoms with Crippen molar-refractivity contribution in [3.05, 3.63) is 53.8 Å². The highest BCUT2D eigenvalue weighted by Crippen LogP contribution is 2.48. The molecule has 0 spiro atoms. The molecule has 0 aliphatic heterocycles. The van der Waals surface area contributed by atoms with E-state index in [0.29, 0.717) is 17.2 Å². The quantitative estimate of drug-likeness (QED) is 0.795. The highest BCUT2D eigenvalue weighted by molar-refractivity contribution is 5.95. The molecule has 3 N–H and O–H groups in total. The standard InChI is InChI=1S/C19H19FN2O4/c1-25-16-7-6-13(8-17(16)26-10-18(21)23)22-19(24)15-9-14(15)11-2-4-12(20)5-3-11/h2-8,14-15H,9-10H2,1H3,(H2,21,23)(H,22,24). The van der Waals surface area contributed by atoms with Gasteiger partial charge in [0.05, 0.1) is 7.11 Å². The fourth-order valence-electron chi connectivity index (χ4n) is 2.81. The summed E-state index contributed by atoms with van der Waals surface area (Å²) in [4.78, 5) is 23.3. The van der Waals surface area contributed by atoms with Crippen LogP contribution in [0.25, 0.3) is 0 Å². The number of nitrogens with one attached hydrogen (secondary N) is 1. The first-order chi connectivity index (χ1) is 12.5. The van der Waals surface area contributed by atoms with Gasteiger partial charge in [0.25, 0.3) is 5.91 Å². The number of rotatable bonds is 7. The Labute approximate surface area is 150 Å². The summed E-state index contributed by atoms with van der Waals surface area (Å²) in [6.45, 7) is -0.289. The van der Waals surface area contributed by atoms with Crippen LogP contribution in [0.3, 0.4) is 0 Å². The molecule has 0 saturated heterocycles. The number of methoxy groups -OCH3 is 1. The van der Waals surface area contributed by atoms with Gasteiger partial charge in [-0.1, -0.05) is 12.1 Å². The number of primary amides is 1. The third-order valence-electron chi connectivity index (χ3n) is 4.23. The lowest BCUT2D eigenvalue weighted by molar-refractivity contribution is -0.120. The van der Waals surface area contributed by atoms with E-state index in [0.717, 1.165) is 12.0 Å². The van der Waals surface area contributed by atoms with E-state index >= 15 is 0 Å². The van der Waals surface area contributed by atoms with Crippen LogP contribution in [0.4, 0.5) is 10.1 Å². The van der Waals surface area contributed by atoms with Crippen molar-refractivity contribution in [1.82, 2.24) is 0 Å². The molecule has 1 aliphatic carbocycles. The number of amides is 2. The van der Waals surface area contributed by atoms with Crippen molar-refractivity contribution >= 4 is 17.5 Å². The number of hydrogen-bond donors (Lipinski definition) is 2. The van der Waals surface area contributed by atoms with Crippen molar-refractivity contribution in [2.24, 2.45) is 11.7 Å². The Morgan fingerprint density at radius 2 is 1.92 bits per heavy atom. The minimum absolute atomic E-state index is 0.0967. The summed E-state index contributed by atoms with van der Waals surface area (Å²) in [5.74, 6) is -0.337. The van der Waals surface area contributed by atoms with Gasteiger partial charge in [0, 0.05) is 17.7 Å². The lowest BCUT2D eigenvalue weighted by Gasteiger charge is -2.12. The Hall–Kier alpha value is -3.09. The molecule has 0 aromatic heterocycles. The van der Waals surface area contributed by atoms with Crippen LogP contribution in [0.15, 0.2) is 42.5 Å². The smallest absolute Gasteiger partial charge is 0.255 e. The summed E-state index contributed by atoms with van der Waals surface area (Å²) in [6, 6.07) is 11.1. The van der Waals surface area contributed by atoms with Crippen molar-refractivity contribution in [3.63, 3.8) is 0 Å². The molecule has 2 amide bonds. The molecule has 7 heteroatoms. The molecule has 26 heavy (non-hydrogen) atoms. The molecule has 1 saturated carbocycles. The lowest BCUT2D eigenvalue weighted by atomic mass is 10.1. The molecule has 6 nitrogen and oxygen atoms in total. The van der Waals surface area contributed by atoms with Crippen LogP contribution in [0.5, 0.6) is 11.5 Å². The maximum atomic E-state index is 13.0. The Morgan fingerprint density at radius 1 is 1.19 bits per heavy atom. The van der Waals surface area contributed by atoms with Crippen molar-refractivity contribution in [2.75, 3.05) is 19.0 Å². The van der Waals surface area contributed by atoms with Crippen LogP contribution in [-0.2, 0) is 9.59 Å². The minimum atomic E-state index is -0.610. The minimum Gasteiger partial charge on any atom is -0.493 e. The average molecular weight is 358 g/mol. The van der Waals surface area contributed by atoms with Gasteiger partial charge in [-0.3, -0.25) is 9.59 Å². The number of carbonyl (C=O) groups excluding carboxylic acids is 2. The average Bonchev–Trinajstić information content (AvgIpc) is 3.41. The monoisotopic (exact) mass is 358 g/mol. The third-order valence-corrected chi connectivity index (χ3v) is 4.23. The van der Waals surface area contributed by atoms with Gasteiger partial charge in [0.15, 0.2) is 18.1 Å². The van der Waals surface area contributed by atoms with Crippen LogP contribution in [0, 0.1) is 11.7 Å². The normalized spacial score (nSPS) is 18.1. The molecular formula is C19H19FN2O4. The van der Waals surface area contributed by atoms with E-state index in [-0.39, 0.29) is 30.2 Å². The van der Waals surface area contributed by atoms with Gasteiger partial charge in [0.1, 0.15) is 5.82 Å². The Bertz CT molecular complexity index is 823. The van der Waals surface area contributed by atoms with Crippen molar-refractivity contribution in [2.45, 2.75) is 12.3 Å². The predicted molar refractivity (Wildman–Crippen MR) is 93.6 cm³/mol. The van der Waals surface area contributed by atoms with Crippen LogP contribution >= 0.6 is 0 Å². The summed E-state index contributed by atoms with van der Waals surface area (Å²) < 4.78 is 23.5. The third kappa shape index (κ3) is 4.11. The van der Waals surface area contributed by atoms with Crippen LogP contribution < -0.4 is 20.5 Å². The first-order valence-electron chi connectivity index (χ1n) is 8.13. The first-order valence-corrected chi connectivity index (χ1v) is 8.13. The predicted octanol–water partition coefficient (Wildman–Crippen LogP) is 2.44. The van der Waals surface area contributed by atoms with E-state index in [1.54, 1.807) is 30.3 Å². The van der Waals surface area contributed by atoms with E-state index in [2.05, 4.69) is 5.32 Å². The molecular weight excluding hydrogens is 339 g/mol. The second-order valence-corrected chi connectivity index (χ2v) is 6.11. The lowest BCUT2D eigenvalue weighted by Crippen LogP contribution is -2.20. The molecule has 0 radical (unpaired) electrons. The number of carbonyl (C=O) groups is 2. The number of ether oxygens (including phenoxy) is 2. The molecule has 1 aliphatic rings. The summed E-state index contributed by atoms with van der Waals surface area (Å²) in [5, 5.41) is 2.83. The summed E-state index contributed by atoms with van der Waals surface area (Å²) >= 11 is 0. The number of hydrogen-bond acceptors (Lipinski definition) is 4. The highest BCUT2D eigenvalue weighted by Gasteiger charge is 2.43. The fourth-order valence-corrected chi connectivity index (χ4v) is 2.81. The molecule has 0 bridgehead atoms. The van der Waals surface area contributed by atoms with E-state index in [4.69, 9.17) is 15.2 Å². The van der Waals surface area contributed by atoms with Crippen LogP contribution in [0.2, 0.25) is 0 Å². The van der Waals surface area contributed by atoms with E-state index in [1.807, 2.05) is 0 Å². The van der Waals surface area contributed by atoms with Gasteiger partial charge >= 0.3 is 0 Å². The van der Waals surface area contributed by atoms with E-state index in [9.17, 15) is 14.0 Å². The maximum Gasteiger partial charge on any atom is 0.255 e. The molecule has 0 heterocycles. The fraction of sp³-hybridized carbons (Fsp3) is 0.263. The molecule has 136 valence electrons. The van der Waals surface area contributed by atoms with Gasteiger partial charge in [0.2, 0.25) is 5.91 Å². The van der Waals surface area contributed by atoms with Gasteiger partial charge in [-0.25, -0.2) is 4.39 Å². The zero-order chi connectivity index (χ0) is 18.7. The first kappa shape index (κ1) is 17.7. The Morgan fingerprint density at radius 3 is 2.58 bits per heavy atom. The second-order valence-electron chi connectivity index (χ2n) is 6.11. The molecule has 1 fully saturated rings. The number of anilines is 1. The molecule has 2 atom stereocenters. The number of nitrogens with two attached hydrogens (primary N) is 1. The number of benzene rings is 2. The Balaban J connectivity index is 1.65. The van der Waals surface area contributed by atoms with E-state index < -0.39 is 5.91 Å². The topological polar surface area (TPSA) is 90.7 Å². The second kappa shape index (κ2) is 7.43. The largest absolute Gasteiger partial charge is 0.493 e. The molecule has 2 aromatic rings. The zero-order valence-electron chi connectivity index (χ0n) is 14.2. The van der Waals surface area contributed by atoms with Crippen LogP contribution in [-0.4, -0.2) is 25.5 Å². The van der Waals surface area contributed by atoms with Gasteiger partial charge in [-0.2, -0.15) is 0 Å². The molecule has 2 aromatic carbocycles. The van der Waals surface area contributed by atoms with E-state index in [1.165, 1.54) is 19.2 Å².